The van der Waals surface area contributed by atoms with Crippen LogP contribution in [0.15, 0.2) is 60.7 Å². The summed E-state index contributed by atoms with van der Waals surface area (Å²) in [6, 6.07) is 20.8. The summed E-state index contributed by atoms with van der Waals surface area (Å²) in [7, 11) is 0. The highest BCUT2D eigenvalue weighted by atomic mass is 15.6. The quantitative estimate of drug-likeness (QED) is 0.741. The Hall–Kier alpha value is -2.49. The van der Waals surface area contributed by atoms with Crippen molar-refractivity contribution in [1.82, 2.24) is 20.2 Å². The maximum atomic E-state index is 4.67. The normalized spacial score (nSPS) is 16.2. The van der Waals surface area contributed by atoms with Crippen molar-refractivity contribution in [2.45, 2.75) is 31.2 Å². The summed E-state index contributed by atoms with van der Waals surface area (Å²) in [6.07, 6.45) is 3.43. The molecule has 1 aliphatic carbocycles. The second kappa shape index (κ2) is 5.37. The average molecular weight is 290 g/mol. The van der Waals surface area contributed by atoms with Gasteiger partial charge in [0.15, 0.2) is 5.82 Å². The lowest BCUT2D eigenvalue weighted by Crippen LogP contribution is -2.36. The summed E-state index contributed by atoms with van der Waals surface area (Å²) in [5, 5.41) is 13.3. The average Bonchev–Trinajstić information content (AvgIpc) is 2.97. The number of hydrogen-bond acceptors (Lipinski definition) is 3. The molecular formula is C18H18N4. The molecule has 0 radical (unpaired) electrons. The zero-order valence-corrected chi connectivity index (χ0v) is 12.4. The lowest BCUT2D eigenvalue weighted by molar-refractivity contribution is 0.284. The summed E-state index contributed by atoms with van der Waals surface area (Å²) in [5.74, 6) is 0.862. The van der Waals surface area contributed by atoms with E-state index in [1.807, 2.05) is 18.2 Å². The van der Waals surface area contributed by atoms with E-state index in [0.29, 0.717) is 6.54 Å². The Morgan fingerprint density at radius 3 is 2.23 bits per heavy atom. The second-order valence-corrected chi connectivity index (χ2v) is 5.93. The van der Waals surface area contributed by atoms with E-state index in [1.54, 1.807) is 4.80 Å². The predicted molar refractivity (Wildman–Crippen MR) is 84.4 cm³/mol. The third-order valence-corrected chi connectivity index (χ3v) is 4.58. The van der Waals surface area contributed by atoms with Gasteiger partial charge in [0.05, 0.1) is 12.0 Å². The van der Waals surface area contributed by atoms with Gasteiger partial charge in [0, 0.05) is 0 Å². The lowest BCUT2D eigenvalue weighted by Gasteiger charge is -2.39. The highest BCUT2D eigenvalue weighted by molar-refractivity contribution is 5.34. The number of rotatable bonds is 4. The predicted octanol–water partition coefficient (Wildman–Crippen LogP) is 3.19. The molecule has 1 saturated carbocycles. The molecule has 0 amide bonds. The first kappa shape index (κ1) is 13.2. The first-order valence-electron chi connectivity index (χ1n) is 7.75. The largest absolute Gasteiger partial charge is 0.185 e. The Labute approximate surface area is 129 Å². The number of aromatic nitrogens is 4. The first-order valence-corrected chi connectivity index (χ1v) is 7.75. The van der Waals surface area contributed by atoms with Crippen LogP contribution in [0.25, 0.3) is 0 Å². The molecule has 3 aromatic rings. The highest BCUT2D eigenvalue weighted by Crippen LogP contribution is 2.47. The summed E-state index contributed by atoms with van der Waals surface area (Å²) >= 11 is 0. The number of nitrogens with zero attached hydrogens (tertiary/aromatic N) is 4. The molecule has 2 aromatic carbocycles. The van der Waals surface area contributed by atoms with Crippen molar-refractivity contribution < 1.29 is 0 Å². The van der Waals surface area contributed by atoms with Gasteiger partial charge >= 0.3 is 0 Å². The maximum Gasteiger partial charge on any atom is 0.185 e. The van der Waals surface area contributed by atoms with Crippen molar-refractivity contribution in [1.29, 1.82) is 0 Å². The molecule has 0 N–H and O–H groups in total. The Bertz CT molecular complexity index is 745. The van der Waals surface area contributed by atoms with Gasteiger partial charge in [-0.3, -0.25) is 0 Å². The van der Waals surface area contributed by atoms with E-state index >= 15 is 0 Å². The van der Waals surface area contributed by atoms with Gasteiger partial charge in [0.25, 0.3) is 0 Å². The van der Waals surface area contributed by atoms with Gasteiger partial charge in [0.1, 0.15) is 0 Å². The molecule has 4 heteroatoms. The minimum atomic E-state index is -0.0315. The third kappa shape index (κ3) is 2.21. The minimum Gasteiger partial charge on any atom is -0.160 e. The molecule has 0 saturated heterocycles. The zero-order chi connectivity index (χ0) is 14.8. The summed E-state index contributed by atoms with van der Waals surface area (Å²) < 4.78 is 0. The fraction of sp³-hybridized carbons (Fsp3) is 0.278. The molecule has 0 spiro atoms. The van der Waals surface area contributed by atoms with Crippen LogP contribution in [0.2, 0.25) is 0 Å². The van der Waals surface area contributed by atoms with E-state index in [-0.39, 0.29) is 5.41 Å². The van der Waals surface area contributed by atoms with Crippen LogP contribution in [0, 0.1) is 0 Å². The van der Waals surface area contributed by atoms with Gasteiger partial charge < -0.3 is 0 Å². The smallest absolute Gasteiger partial charge is 0.160 e. The molecule has 0 bridgehead atoms. The van der Waals surface area contributed by atoms with E-state index in [1.165, 1.54) is 17.5 Å². The molecule has 0 unspecified atom stereocenters. The molecule has 22 heavy (non-hydrogen) atoms. The van der Waals surface area contributed by atoms with Crippen LogP contribution in [0.3, 0.4) is 0 Å². The molecule has 4 rings (SSSR count). The third-order valence-electron chi connectivity index (χ3n) is 4.58. The van der Waals surface area contributed by atoms with E-state index in [9.17, 15) is 0 Å². The van der Waals surface area contributed by atoms with Crippen LogP contribution < -0.4 is 0 Å². The Kier molecular flexibility index (Phi) is 3.22. The van der Waals surface area contributed by atoms with Gasteiger partial charge in [-0.1, -0.05) is 67.1 Å². The van der Waals surface area contributed by atoms with Crippen molar-refractivity contribution in [3.05, 3.63) is 77.6 Å². The fourth-order valence-corrected chi connectivity index (χ4v) is 3.18. The summed E-state index contributed by atoms with van der Waals surface area (Å²) in [5.41, 5.74) is 2.46. The molecule has 1 heterocycles. The number of hydrogen-bond donors (Lipinski definition) is 0. The van der Waals surface area contributed by atoms with Gasteiger partial charge in [-0.25, -0.2) is 0 Å². The maximum absolute atomic E-state index is 4.67. The standard InChI is InChI=1S/C18H18N4/c1-3-8-15(9-4-1)14-22-20-17(19-21-22)18(12-7-13-18)16-10-5-2-6-11-16/h1-6,8-11H,7,12-14H2. The fourth-order valence-electron chi connectivity index (χ4n) is 3.18. The van der Waals surface area contributed by atoms with E-state index < -0.39 is 0 Å². The summed E-state index contributed by atoms with van der Waals surface area (Å²) in [4.78, 5) is 1.70. The van der Waals surface area contributed by atoms with Crippen LogP contribution >= 0.6 is 0 Å². The van der Waals surface area contributed by atoms with Crippen LogP contribution in [0.5, 0.6) is 0 Å². The van der Waals surface area contributed by atoms with Crippen molar-refractivity contribution in [3.63, 3.8) is 0 Å². The molecule has 110 valence electrons. The molecule has 4 nitrogen and oxygen atoms in total. The second-order valence-electron chi connectivity index (χ2n) is 5.93. The Balaban J connectivity index is 1.63. The van der Waals surface area contributed by atoms with E-state index in [4.69, 9.17) is 0 Å². The Morgan fingerprint density at radius 1 is 0.909 bits per heavy atom. The van der Waals surface area contributed by atoms with Crippen LogP contribution in [-0.2, 0) is 12.0 Å². The Morgan fingerprint density at radius 2 is 1.59 bits per heavy atom. The first-order chi connectivity index (χ1) is 10.9. The molecular weight excluding hydrogens is 272 g/mol. The van der Waals surface area contributed by atoms with E-state index in [2.05, 4.69) is 57.9 Å². The van der Waals surface area contributed by atoms with Crippen molar-refractivity contribution in [2.24, 2.45) is 0 Å². The number of benzene rings is 2. The van der Waals surface area contributed by atoms with Crippen molar-refractivity contribution >= 4 is 0 Å². The molecule has 0 aliphatic heterocycles. The topological polar surface area (TPSA) is 43.6 Å². The van der Waals surface area contributed by atoms with Gasteiger partial charge in [-0.05, 0) is 29.2 Å². The molecule has 1 fully saturated rings. The molecule has 1 aliphatic rings. The van der Waals surface area contributed by atoms with Crippen LogP contribution in [-0.4, -0.2) is 20.2 Å². The minimum absolute atomic E-state index is 0.0315. The highest BCUT2D eigenvalue weighted by Gasteiger charge is 2.44. The SMILES string of the molecule is c1ccc(Cn2nnc(C3(c4ccccc4)CCC3)n2)cc1. The van der Waals surface area contributed by atoms with Crippen molar-refractivity contribution in [2.75, 3.05) is 0 Å². The van der Waals surface area contributed by atoms with Gasteiger partial charge in [0.2, 0.25) is 0 Å². The van der Waals surface area contributed by atoms with Gasteiger partial charge in [-0.15, -0.1) is 10.2 Å². The lowest BCUT2D eigenvalue weighted by atomic mass is 9.64. The molecule has 1 aromatic heterocycles. The van der Waals surface area contributed by atoms with Crippen LogP contribution in [0.4, 0.5) is 0 Å². The van der Waals surface area contributed by atoms with Crippen molar-refractivity contribution in [3.8, 4) is 0 Å². The molecule has 0 atom stereocenters. The number of tetrazole rings is 1. The van der Waals surface area contributed by atoms with Crippen LogP contribution in [0.1, 0.15) is 36.2 Å². The zero-order valence-electron chi connectivity index (χ0n) is 12.4. The monoisotopic (exact) mass is 290 g/mol. The van der Waals surface area contributed by atoms with E-state index in [0.717, 1.165) is 18.7 Å². The van der Waals surface area contributed by atoms with Gasteiger partial charge in [-0.2, -0.15) is 4.80 Å². The summed E-state index contributed by atoms with van der Waals surface area (Å²) in [6.45, 7) is 0.665.